The van der Waals surface area contributed by atoms with Gasteiger partial charge < -0.3 is 20.4 Å². The van der Waals surface area contributed by atoms with Crippen molar-refractivity contribution in [2.24, 2.45) is 16.3 Å². The quantitative estimate of drug-likeness (QED) is 0.519. The number of aromatic nitrogens is 1. The number of nitrogens with one attached hydrogen (secondary N) is 3. The van der Waals surface area contributed by atoms with E-state index >= 15 is 0 Å². The van der Waals surface area contributed by atoms with Crippen LogP contribution in [0.5, 0.6) is 0 Å². The average molecular weight is 385 g/mol. The molecular weight excluding hydrogens is 348 g/mol. The summed E-state index contributed by atoms with van der Waals surface area (Å²) in [7, 11) is 0. The number of ether oxygens (including phenoxy) is 1. The van der Waals surface area contributed by atoms with Crippen LogP contribution < -0.4 is 10.6 Å². The minimum atomic E-state index is 0.154. The summed E-state index contributed by atoms with van der Waals surface area (Å²) in [6, 6.07) is 8.46. The highest BCUT2D eigenvalue weighted by molar-refractivity contribution is 5.83. The molecule has 2 aromatic rings. The zero-order valence-corrected chi connectivity index (χ0v) is 17.8. The topological polar surface area (TPSA) is 61.4 Å². The first kappa shape index (κ1) is 20.7. The van der Waals surface area contributed by atoms with Crippen molar-refractivity contribution in [1.29, 1.82) is 0 Å². The number of benzene rings is 1. The Morgan fingerprint density at radius 2 is 2.07 bits per heavy atom. The van der Waals surface area contributed by atoms with Gasteiger partial charge in [0.2, 0.25) is 0 Å². The number of fused-ring (bicyclic) bond motifs is 1. The molecule has 0 aliphatic carbocycles. The van der Waals surface area contributed by atoms with Crippen molar-refractivity contribution < 1.29 is 4.74 Å². The number of hydrogen-bond acceptors (Lipinski definition) is 2. The summed E-state index contributed by atoms with van der Waals surface area (Å²) in [6.07, 6.45) is 5.69. The summed E-state index contributed by atoms with van der Waals surface area (Å²) in [6.45, 7) is 12.3. The molecule has 0 radical (unpaired) electrons. The van der Waals surface area contributed by atoms with Gasteiger partial charge in [-0.3, -0.25) is 4.99 Å². The van der Waals surface area contributed by atoms with Crippen LogP contribution in [0.4, 0.5) is 0 Å². The van der Waals surface area contributed by atoms with Crippen molar-refractivity contribution in [3.05, 3.63) is 36.0 Å². The Balaban J connectivity index is 1.58. The van der Waals surface area contributed by atoms with Crippen molar-refractivity contribution in [3.63, 3.8) is 0 Å². The molecule has 28 heavy (non-hydrogen) atoms. The number of nitrogens with zero attached hydrogens (tertiary/aromatic N) is 1. The molecule has 1 aromatic heterocycles. The highest BCUT2D eigenvalue weighted by Crippen LogP contribution is 2.34. The lowest BCUT2D eigenvalue weighted by molar-refractivity contribution is -0.0823. The van der Waals surface area contributed by atoms with Crippen LogP contribution in [0, 0.1) is 11.3 Å². The molecule has 1 fully saturated rings. The third-order valence-electron chi connectivity index (χ3n) is 5.49. The normalized spacial score (nSPS) is 21.1. The van der Waals surface area contributed by atoms with E-state index in [1.54, 1.807) is 0 Å². The zero-order valence-electron chi connectivity index (χ0n) is 17.8. The van der Waals surface area contributed by atoms with Crippen molar-refractivity contribution in [2.75, 3.05) is 26.2 Å². The van der Waals surface area contributed by atoms with E-state index in [9.17, 15) is 0 Å². The lowest BCUT2D eigenvalue weighted by Gasteiger charge is -2.39. The Morgan fingerprint density at radius 3 is 2.86 bits per heavy atom. The van der Waals surface area contributed by atoms with Gasteiger partial charge in [0.05, 0.1) is 6.10 Å². The van der Waals surface area contributed by atoms with E-state index in [4.69, 9.17) is 9.73 Å². The van der Waals surface area contributed by atoms with Gasteiger partial charge in [0, 0.05) is 49.3 Å². The van der Waals surface area contributed by atoms with Crippen LogP contribution >= 0.6 is 0 Å². The van der Waals surface area contributed by atoms with E-state index in [0.717, 1.165) is 45.0 Å². The molecule has 1 aromatic carbocycles. The van der Waals surface area contributed by atoms with E-state index in [1.165, 1.54) is 22.9 Å². The smallest absolute Gasteiger partial charge is 0.191 e. The molecule has 2 heterocycles. The molecule has 0 spiro atoms. The minimum absolute atomic E-state index is 0.154. The number of rotatable bonds is 6. The Morgan fingerprint density at radius 1 is 1.25 bits per heavy atom. The van der Waals surface area contributed by atoms with Gasteiger partial charge in [-0.15, -0.1) is 0 Å². The minimum Gasteiger partial charge on any atom is -0.377 e. The fourth-order valence-electron chi connectivity index (χ4n) is 4.19. The molecule has 0 saturated carbocycles. The number of H-pyrrole nitrogens is 1. The van der Waals surface area contributed by atoms with Crippen LogP contribution in [-0.2, 0) is 11.2 Å². The van der Waals surface area contributed by atoms with E-state index < -0.39 is 0 Å². The number of guanidine groups is 1. The van der Waals surface area contributed by atoms with E-state index in [-0.39, 0.29) is 11.5 Å². The van der Waals surface area contributed by atoms with Crippen molar-refractivity contribution in [1.82, 2.24) is 15.6 Å². The van der Waals surface area contributed by atoms with Gasteiger partial charge in [-0.05, 0) is 43.2 Å². The van der Waals surface area contributed by atoms with Gasteiger partial charge in [-0.1, -0.05) is 39.0 Å². The van der Waals surface area contributed by atoms with Gasteiger partial charge >= 0.3 is 0 Å². The van der Waals surface area contributed by atoms with Crippen LogP contribution in [-0.4, -0.2) is 43.3 Å². The maximum Gasteiger partial charge on any atom is 0.191 e. The van der Waals surface area contributed by atoms with Gasteiger partial charge in [0.25, 0.3) is 0 Å². The van der Waals surface area contributed by atoms with Gasteiger partial charge in [-0.2, -0.15) is 0 Å². The van der Waals surface area contributed by atoms with Gasteiger partial charge in [-0.25, -0.2) is 0 Å². The molecule has 3 rings (SSSR count). The molecule has 1 aliphatic heterocycles. The Bertz CT molecular complexity index is 774. The molecule has 1 saturated heterocycles. The second kappa shape index (κ2) is 9.46. The molecule has 0 amide bonds. The summed E-state index contributed by atoms with van der Waals surface area (Å²) in [5, 5.41) is 8.19. The number of para-hydroxylation sites is 1. The predicted octanol–water partition coefficient (Wildman–Crippen LogP) is 4.11. The fraction of sp³-hybridized carbons (Fsp3) is 0.609. The average Bonchev–Trinajstić information content (AvgIpc) is 3.09. The second-order valence-electron chi connectivity index (χ2n) is 8.82. The zero-order chi connectivity index (χ0) is 20.0. The first-order valence-corrected chi connectivity index (χ1v) is 10.7. The van der Waals surface area contributed by atoms with Crippen molar-refractivity contribution >= 4 is 16.9 Å². The summed E-state index contributed by atoms with van der Waals surface area (Å²) in [4.78, 5) is 8.24. The first-order chi connectivity index (χ1) is 13.5. The lowest BCUT2D eigenvalue weighted by atomic mass is 9.78. The van der Waals surface area contributed by atoms with E-state index in [2.05, 4.69) is 73.8 Å². The Kier molecular flexibility index (Phi) is 7.00. The van der Waals surface area contributed by atoms with E-state index in [0.29, 0.717) is 5.92 Å². The molecule has 1 aliphatic rings. The summed E-state index contributed by atoms with van der Waals surface area (Å²) < 4.78 is 6.10. The molecule has 2 unspecified atom stereocenters. The Hall–Kier alpha value is -2.01. The third kappa shape index (κ3) is 5.28. The second-order valence-corrected chi connectivity index (χ2v) is 8.82. The highest BCUT2D eigenvalue weighted by atomic mass is 16.5. The van der Waals surface area contributed by atoms with Crippen molar-refractivity contribution in [3.8, 4) is 0 Å². The fourth-order valence-corrected chi connectivity index (χ4v) is 4.19. The van der Waals surface area contributed by atoms with Crippen LogP contribution in [0.1, 0.15) is 46.1 Å². The third-order valence-corrected chi connectivity index (χ3v) is 5.49. The van der Waals surface area contributed by atoms with Gasteiger partial charge in [0.15, 0.2) is 5.96 Å². The summed E-state index contributed by atoms with van der Waals surface area (Å²) >= 11 is 0. The largest absolute Gasteiger partial charge is 0.377 e. The SMILES string of the molecule is CCNC(=NCC1CCCOC1C(C)(C)C)NCCc1c[nH]c2ccccc12. The van der Waals surface area contributed by atoms with Crippen LogP contribution in [0.2, 0.25) is 0 Å². The van der Waals surface area contributed by atoms with Crippen LogP contribution in [0.15, 0.2) is 35.5 Å². The van der Waals surface area contributed by atoms with Crippen LogP contribution in [0.25, 0.3) is 10.9 Å². The molecular formula is C23H36N4O. The maximum absolute atomic E-state index is 6.10. The number of aliphatic imine (C=N–C) groups is 1. The maximum atomic E-state index is 6.10. The molecule has 2 atom stereocenters. The predicted molar refractivity (Wildman–Crippen MR) is 118 cm³/mol. The highest BCUT2D eigenvalue weighted by Gasteiger charge is 2.35. The van der Waals surface area contributed by atoms with E-state index in [1.807, 2.05) is 0 Å². The first-order valence-electron chi connectivity index (χ1n) is 10.7. The lowest BCUT2D eigenvalue weighted by Crippen LogP contribution is -2.43. The monoisotopic (exact) mass is 384 g/mol. The molecule has 154 valence electrons. The molecule has 3 N–H and O–H groups in total. The molecule has 0 bridgehead atoms. The van der Waals surface area contributed by atoms with Crippen molar-refractivity contribution in [2.45, 2.75) is 53.1 Å². The summed E-state index contributed by atoms with van der Waals surface area (Å²) in [5.74, 6) is 1.39. The standard InChI is InChI=1S/C23H36N4O/c1-5-24-22(27-16-18-9-8-14-28-21(18)23(2,3)4)25-13-12-17-15-26-20-11-7-6-10-19(17)20/h6-7,10-11,15,18,21,26H,5,8-9,12-14,16H2,1-4H3,(H2,24,25,27). The summed E-state index contributed by atoms with van der Waals surface area (Å²) in [5.41, 5.74) is 2.69. The number of hydrogen-bond donors (Lipinski definition) is 3. The van der Waals surface area contributed by atoms with Crippen LogP contribution in [0.3, 0.4) is 0 Å². The Labute approximate surface area is 169 Å². The molecule has 5 nitrogen and oxygen atoms in total. The number of aromatic amines is 1. The molecule has 5 heteroatoms. The van der Waals surface area contributed by atoms with Gasteiger partial charge in [0.1, 0.15) is 0 Å².